The second kappa shape index (κ2) is 5.74. The van der Waals surface area contributed by atoms with E-state index in [2.05, 4.69) is 21.2 Å². The van der Waals surface area contributed by atoms with Gasteiger partial charge in [0.25, 0.3) is 11.6 Å². The molecule has 0 aromatic heterocycles. The molecule has 7 heteroatoms. The third-order valence-corrected chi connectivity index (χ3v) is 2.63. The molecule has 1 amide bonds. The van der Waals surface area contributed by atoms with Crippen LogP contribution in [0.1, 0.15) is 6.92 Å². The zero-order chi connectivity index (χ0) is 13.0. The highest BCUT2D eigenvalue weighted by Crippen LogP contribution is 2.28. The Morgan fingerprint density at radius 1 is 1.59 bits per heavy atom. The molecular weight excluding hydrogens is 292 g/mol. The number of halogens is 1. The maximum atomic E-state index is 11.5. The first-order valence-electron chi connectivity index (χ1n) is 4.73. The van der Waals surface area contributed by atoms with E-state index in [0.29, 0.717) is 4.47 Å². The predicted molar refractivity (Wildman–Crippen MR) is 65.9 cm³/mol. The highest BCUT2D eigenvalue weighted by Gasteiger charge is 2.19. The Labute approximate surface area is 106 Å². The average molecular weight is 303 g/mol. The normalized spacial score (nSPS) is 11.9. The van der Waals surface area contributed by atoms with Gasteiger partial charge in [0, 0.05) is 17.6 Å². The minimum absolute atomic E-state index is 0.145. The van der Waals surface area contributed by atoms with Crippen LogP contribution in [0.4, 0.5) is 11.4 Å². The first-order valence-corrected chi connectivity index (χ1v) is 5.52. The lowest BCUT2D eigenvalue weighted by molar-refractivity contribution is -0.384. The summed E-state index contributed by atoms with van der Waals surface area (Å²) in [7, 11) is 1.39. The second-order valence-electron chi connectivity index (χ2n) is 3.29. The molecule has 0 bridgehead atoms. The fourth-order valence-corrected chi connectivity index (χ4v) is 1.45. The van der Waals surface area contributed by atoms with E-state index in [9.17, 15) is 14.9 Å². The van der Waals surface area contributed by atoms with Crippen LogP contribution in [0, 0.1) is 10.1 Å². The fourth-order valence-electron chi connectivity index (χ4n) is 1.10. The molecule has 1 N–H and O–H groups in total. The lowest BCUT2D eigenvalue weighted by atomic mass is 10.2. The molecule has 0 radical (unpaired) electrons. The molecule has 6 nitrogen and oxygen atoms in total. The van der Waals surface area contributed by atoms with Crippen molar-refractivity contribution in [2.24, 2.45) is 0 Å². The number of nitrogens with one attached hydrogen (secondary N) is 1. The van der Waals surface area contributed by atoms with Gasteiger partial charge in [-0.25, -0.2) is 0 Å². The fraction of sp³-hybridized carbons (Fsp3) is 0.300. The van der Waals surface area contributed by atoms with Crippen molar-refractivity contribution >= 4 is 33.2 Å². The molecule has 0 heterocycles. The van der Waals surface area contributed by atoms with Crippen molar-refractivity contribution in [3.05, 3.63) is 32.8 Å². The van der Waals surface area contributed by atoms with Gasteiger partial charge in [-0.2, -0.15) is 0 Å². The topological polar surface area (TPSA) is 81.5 Å². The minimum atomic E-state index is -0.668. The Bertz CT molecular complexity index is 450. The Morgan fingerprint density at radius 3 is 2.76 bits per heavy atom. The van der Waals surface area contributed by atoms with Crippen LogP contribution in [-0.2, 0) is 9.53 Å². The van der Waals surface area contributed by atoms with Crippen molar-refractivity contribution in [3.63, 3.8) is 0 Å². The first-order chi connectivity index (χ1) is 7.95. The van der Waals surface area contributed by atoms with E-state index in [4.69, 9.17) is 4.74 Å². The van der Waals surface area contributed by atoms with Crippen molar-refractivity contribution in [1.82, 2.24) is 0 Å². The summed E-state index contributed by atoms with van der Waals surface area (Å²) in [6, 6.07) is 4.40. The number of ether oxygens (including phenoxy) is 1. The number of benzene rings is 1. The largest absolute Gasteiger partial charge is 0.372 e. The number of nitro groups is 1. The van der Waals surface area contributed by atoms with Crippen LogP contribution in [0.3, 0.4) is 0 Å². The molecular formula is C10H11BrN2O4. The summed E-state index contributed by atoms with van der Waals surface area (Å²) in [4.78, 5) is 21.8. The quantitative estimate of drug-likeness (QED) is 0.683. The number of nitrogens with zero attached hydrogens (tertiary/aromatic N) is 1. The number of methoxy groups -OCH3 is 1. The average Bonchev–Trinajstić information content (AvgIpc) is 2.29. The number of carbonyl (C=O) groups excluding carboxylic acids is 1. The summed E-state index contributed by atoms with van der Waals surface area (Å²) in [6.07, 6.45) is -0.668. The van der Waals surface area contributed by atoms with Crippen molar-refractivity contribution in [2.75, 3.05) is 12.4 Å². The molecule has 1 aromatic rings. The molecule has 1 atom stereocenters. The van der Waals surface area contributed by atoms with Crippen molar-refractivity contribution in [3.8, 4) is 0 Å². The van der Waals surface area contributed by atoms with Crippen LogP contribution in [0.5, 0.6) is 0 Å². The molecule has 0 fully saturated rings. The van der Waals surface area contributed by atoms with E-state index in [-0.39, 0.29) is 11.4 Å². The molecule has 0 aliphatic carbocycles. The molecule has 92 valence electrons. The van der Waals surface area contributed by atoms with Crippen LogP contribution in [0.15, 0.2) is 22.7 Å². The van der Waals surface area contributed by atoms with E-state index in [1.165, 1.54) is 19.2 Å². The summed E-state index contributed by atoms with van der Waals surface area (Å²) in [5.41, 5.74) is -0.0249. The zero-order valence-electron chi connectivity index (χ0n) is 9.27. The standard InChI is InChI=1S/C10H11BrN2O4/c1-6(17-2)10(14)12-8-4-3-7(11)5-9(8)13(15)16/h3-6H,1-2H3,(H,12,14). The first kappa shape index (κ1) is 13.6. The molecule has 1 rings (SSSR count). The third-order valence-electron chi connectivity index (χ3n) is 2.14. The number of hydrogen-bond donors (Lipinski definition) is 1. The van der Waals surface area contributed by atoms with Crippen LogP contribution in [-0.4, -0.2) is 24.0 Å². The monoisotopic (exact) mass is 302 g/mol. The van der Waals surface area contributed by atoms with Gasteiger partial charge >= 0.3 is 0 Å². The van der Waals surface area contributed by atoms with Gasteiger partial charge in [-0.3, -0.25) is 14.9 Å². The highest BCUT2D eigenvalue weighted by atomic mass is 79.9. The van der Waals surface area contributed by atoms with E-state index >= 15 is 0 Å². The molecule has 0 saturated heterocycles. The van der Waals surface area contributed by atoms with Crippen LogP contribution >= 0.6 is 15.9 Å². The van der Waals surface area contributed by atoms with Gasteiger partial charge in [0.1, 0.15) is 11.8 Å². The Balaban J connectivity index is 2.98. The lowest BCUT2D eigenvalue weighted by Crippen LogP contribution is -2.26. The maximum absolute atomic E-state index is 11.5. The van der Waals surface area contributed by atoms with E-state index < -0.39 is 16.9 Å². The SMILES string of the molecule is COC(C)C(=O)Nc1ccc(Br)cc1[N+](=O)[O-]. The van der Waals surface area contributed by atoms with Crippen LogP contribution in [0.25, 0.3) is 0 Å². The Kier molecular flexibility index (Phi) is 4.59. The van der Waals surface area contributed by atoms with Crippen molar-refractivity contribution < 1.29 is 14.5 Å². The zero-order valence-corrected chi connectivity index (χ0v) is 10.9. The maximum Gasteiger partial charge on any atom is 0.293 e. The summed E-state index contributed by atoms with van der Waals surface area (Å²) < 4.78 is 5.39. The van der Waals surface area contributed by atoms with Gasteiger partial charge in [0.2, 0.25) is 0 Å². The van der Waals surface area contributed by atoms with Gasteiger partial charge in [0.15, 0.2) is 0 Å². The molecule has 0 spiro atoms. The third kappa shape index (κ3) is 3.50. The Hall–Kier alpha value is -1.47. The van der Waals surface area contributed by atoms with Gasteiger partial charge in [0.05, 0.1) is 4.92 Å². The van der Waals surface area contributed by atoms with Gasteiger partial charge in [-0.15, -0.1) is 0 Å². The van der Waals surface area contributed by atoms with E-state index in [1.807, 2.05) is 0 Å². The van der Waals surface area contributed by atoms with E-state index in [0.717, 1.165) is 0 Å². The van der Waals surface area contributed by atoms with E-state index in [1.54, 1.807) is 13.0 Å². The second-order valence-corrected chi connectivity index (χ2v) is 4.20. The number of amides is 1. The lowest BCUT2D eigenvalue weighted by Gasteiger charge is -2.10. The molecule has 0 aliphatic rings. The molecule has 0 aliphatic heterocycles. The number of rotatable bonds is 4. The smallest absolute Gasteiger partial charge is 0.293 e. The molecule has 0 saturated carbocycles. The number of carbonyl (C=O) groups is 1. The summed E-state index contributed by atoms with van der Waals surface area (Å²) >= 11 is 3.13. The summed E-state index contributed by atoms with van der Waals surface area (Å²) in [6.45, 7) is 1.56. The highest BCUT2D eigenvalue weighted by molar-refractivity contribution is 9.10. The van der Waals surface area contributed by atoms with Crippen molar-refractivity contribution in [1.29, 1.82) is 0 Å². The van der Waals surface area contributed by atoms with Crippen LogP contribution < -0.4 is 5.32 Å². The molecule has 1 unspecified atom stereocenters. The number of hydrogen-bond acceptors (Lipinski definition) is 4. The number of nitro benzene ring substituents is 1. The van der Waals surface area contributed by atoms with Gasteiger partial charge in [-0.05, 0) is 19.1 Å². The summed E-state index contributed by atoms with van der Waals surface area (Å²) in [5.74, 6) is -0.432. The Morgan fingerprint density at radius 2 is 2.24 bits per heavy atom. The number of anilines is 1. The van der Waals surface area contributed by atoms with Gasteiger partial charge in [-0.1, -0.05) is 15.9 Å². The van der Waals surface area contributed by atoms with Crippen LogP contribution in [0.2, 0.25) is 0 Å². The summed E-state index contributed by atoms with van der Waals surface area (Å²) in [5, 5.41) is 13.2. The minimum Gasteiger partial charge on any atom is -0.372 e. The molecule has 17 heavy (non-hydrogen) atoms. The molecule has 1 aromatic carbocycles. The van der Waals surface area contributed by atoms with Crippen molar-refractivity contribution in [2.45, 2.75) is 13.0 Å². The predicted octanol–water partition coefficient (Wildman–Crippen LogP) is 2.33. The van der Waals surface area contributed by atoms with Gasteiger partial charge < -0.3 is 10.1 Å².